The van der Waals surface area contributed by atoms with E-state index in [0.717, 1.165) is 11.1 Å². The molecule has 112 valence electrons. The van der Waals surface area contributed by atoms with Crippen molar-refractivity contribution in [2.24, 2.45) is 0 Å². The van der Waals surface area contributed by atoms with Gasteiger partial charge in [-0.2, -0.15) is 0 Å². The van der Waals surface area contributed by atoms with E-state index in [1.165, 1.54) is 18.2 Å². The maximum atomic E-state index is 12.2. The second kappa shape index (κ2) is 5.77. The van der Waals surface area contributed by atoms with Crippen molar-refractivity contribution in [2.75, 3.05) is 5.32 Å². The van der Waals surface area contributed by atoms with E-state index in [0.29, 0.717) is 11.5 Å². The highest BCUT2D eigenvalue weighted by atomic mass is 35.5. The standard InChI is InChI=1S/C13H11ClF3N3O/c1-7-8(2)12(20-19-11(7)14)18-9-4-3-5-10(6-9)21-13(15,16)17/h3-6H,1-2H3,(H,18,20). The average molecular weight is 318 g/mol. The van der Waals surface area contributed by atoms with Gasteiger partial charge in [-0.15, -0.1) is 23.4 Å². The van der Waals surface area contributed by atoms with Gasteiger partial charge in [0.25, 0.3) is 0 Å². The summed E-state index contributed by atoms with van der Waals surface area (Å²) in [5.41, 5.74) is 1.91. The van der Waals surface area contributed by atoms with Crippen LogP contribution in [0.15, 0.2) is 24.3 Å². The minimum atomic E-state index is -4.73. The first-order valence-corrected chi connectivity index (χ1v) is 6.26. The van der Waals surface area contributed by atoms with Crippen molar-refractivity contribution in [1.29, 1.82) is 0 Å². The van der Waals surface area contributed by atoms with E-state index < -0.39 is 6.36 Å². The summed E-state index contributed by atoms with van der Waals surface area (Å²) in [6, 6.07) is 5.46. The highest BCUT2D eigenvalue weighted by Gasteiger charge is 2.31. The van der Waals surface area contributed by atoms with Crippen molar-refractivity contribution in [3.8, 4) is 5.75 Å². The first-order valence-electron chi connectivity index (χ1n) is 5.88. The molecule has 0 unspecified atom stereocenters. The van der Waals surface area contributed by atoms with E-state index in [2.05, 4.69) is 20.3 Å². The number of alkyl halides is 3. The molecule has 1 heterocycles. The number of rotatable bonds is 3. The summed E-state index contributed by atoms with van der Waals surface area (Å²) < 4.78 is 40.4. The maximum Gasteiger partial charge on any atom is 0.573 e. The van der Waals surface area contributed by atoms with Gasteiger partial charge in [-0.1, -0.05) is 17.7 Å². The van der Waals surface area contributed by atoms with Gasteiger partial charge in [-0.3, -0.25) is 0 Å². The van der Waals surface area contributed by atoms with E-state index in [-0.39, 0.29) is 10.9 Å². The van der Waals surface area contributed by atoms with Crippen LogP contribution in [0.3, 0.4) is 0 Å². The molecular weight excluding hydrogens is 307 g/mol. The van der Waals surface area contributed by atoms with E-state index in [1.807, 2.05) is 0 Å². The number of halogens is 4. The first kappa shape index (κ1) is 15.4. The molecule has 8 heteroatoms. The molecule has 0 aliphatic heterocycles. The summed E-state index contributed by atoms with van der Waals surface area (Å²) in [4.78, 5) is 0. The lowest BCUT2D eigenvalue weighted by molar-refractivity contribution is -0.274. The van der Waals surface area contributed by atoms with Crippen LogP contribution in [0.25, 0.3) is 0 Å². The molecule has 1 aromatic carbocycles. The molecule has 0 amide bonds. The van der Waals surface area contributed by atoms with Gasteiger partial charge in [-0.05, 0) is 37.1 Å². The Morgan fingerprint density at radius 1 is 1.14 bits per heavy atom. The first-order chi connectivity index (χ1) is 9.76. The van der Waals surface area contributed by atoms with Crippen LogP contribution in [0.4, 0.5) is 24.7 Å². The lowest BCUT2D eigenvalue weighted by Gasteiger charge is -2.12. The van der Waals surface area contributed by atoms with Gasteiger partial charge in [0.1, 0.15) is 5.75 Å². The fourth-order valence-electron chi connectivity index (χ4n) is 1.60. The molecule has 0 atom stereocenters. The van der Waals surface area contributed by atoms with E-state index in [1.54, 1.807) is 19.9 Å². The average Bonchev–Trinajstić information content (AvgIpc) is 2.38. The normalized spacial score (nSPS) is 11.3. The molecule has 2 rings (SSSR count). The molecule has 1 aromatic heterocycles. The fourth-order valence-corrected chi connectivity index (χ4v) is 1.78. The molecular formula is C13H11ClF3N3O. The number of benzene rings is 1. The number of aromatic nitrogens is 2. The molecule has 0 fully saturated rings. The van der Waals surface area contributed by atoms with Crippen molar-refractivity contribution in [3.05, 3.63) is 40.5 Å². The number of hydrogen-bond acceptors (Lipinski definition) is 4. The number of nitrogens with zero attached hydrogens (tertiary/aromatic N) is 2. The lowest BCUT2D eigenvalue weighted by atomic mass is 10.2. The van der Waals surface area contributed by atoms with E-state index in [9.17, 15) is 13.2 Å². The van der Waals surface area contributed by atoms with Crippen LogP contribution in [-0.2, 0) is 0 Å². The highest BCUT2D eigenvalue weighted by Crippen LogP contribution is 2.28. The summed E-state index contributed by atoms with van der Waals surface area (Å²) in [7, 11) is 0. The number of hydrogen-bond donors (Lipinski definition) is 1. The van der Waals surface area contributed by atoms with Crippen LogP contribution < -0.4 is 10.1 Å². The molecule has 0 bridgehead atoms. The molecule has 0 aliphatic rings. The Labute approximate surface area is 123 Å². The third-order valence-corrected chi connectivity index (χ3v) is 3.15. The zero-order valence-corrected chi connectivity index (χ0v) is 11.9. The second-order valence-corrected chi connectivity index (χ2v) is 4.65. The zero-order valence-electron chi connectivity index (χ0n) is 11.1. The summed E-state index contributed by atoms with van der Waals surface area (Å²) in [5, 5.41) is 10.8. The Morgan fingerprint density at radius 2 is 1.86 bits per heavy atom. The lowest BCUT2D eigenvalue weighted by Crippen LogP contribution is -2.17. The Balaban J connectivity index is 2.24. The number of anilines is 2. The predicted molar refractivity (Wildman–Crippen MR) is 72.9 cm³/mol. The third-order valence-electron chi connectivity index (χ3n) is 2.80. The monoisotopic (exact) mass is 317 g/mol. The summed E-state index contributed by atoms with van der Waals surface area (Å²) >= 11 is 5.84. The zero-order chi connectivity index (χ0) is 15.6. The molecule has 0 saturated carbocycles. The SMILES string of the molecule is Cc1c(Cl)nnc(Nc2cccc(OC(F)(F)F)c2)c1C. The van der Waals surface area contributed by atoms with Crippen molar-refractivity contribution < 1.29 is 17.9 Å². The molecule has 0 aliphatic carbocycles. The van der Waals surface area contributed by atoms with Gasteiger partial charge in [0.05, 0.1) is 0 Å². The molecule has 0 saturated heterocycles. The molecule has 1 N–H and O–H groups in total. The van der Waals surface area contributed by atoms with Crippen molar-refractivity contribution >= 4 is 23.1 Å². The Kier molecular flexibility index (Phi) is 4.22. The Hall–Kier alpha value is -2.02. The van der Waals surface area contributed by atoms with Crippen LogP contribution >= 0.6 is 11.6 Å². The maximum absolute atomic E-state index is 12.2. The van der Waals surface area contributed by atoms with E-state index >= 15 is 0 Å². The summed E-state index contributed by atoms with van der Waals surface area (Å²) in [6.45, 7) is 3.56. The van der Waals surface area contributed by atoms with Gasteiger partial charge in [-0.25, -0.2) is 0 Å². The van der Waals surface area contributed by atoms with Gasteiger partial charge in [0.2, 0.25) is 0 Å². The fraction of sp³-hybridized carbons (Fsp3) is 0.231. The van der Waals surface area contributed by atoms with Crippen LogP contribution in [0.2, 0.25) is 5.15 Å². The number of ether oxygens (including phenoxy) is 1. The largest absolute Gasteiger partial charge is 0.573 e. The molecule has 0 spiro atoms. The predicted octanol–water partition coefficient (Wildman–Crippen LogP) is 4.39. The smallest absolute Gasteiger partial charge is 0.406 e. The quantitative estimate of drug-likeness (QED) is 0.912. The topological polar surface area (TPSA) is 47.0 Å². The molecule has 2 aromatic rings. The Bertz CT molecular complexity index is 662. The third kappa shape index (κ3) is 3.98. The van der Waals surface area contributed by atoms with Crippen LogP contribution in [0, 0.1) is 13.8 Å². The minimum absolute atomic E-state index is 0.284. The summed E-state index contributed by atoms with van der Waals surface area (Å²) in [6.07, 6.45) is -4.73. The van der Waals surface area contributed by atoms with Gasteiger partial charge in [0.15, 0.2) is 11.0 Å². The van der Waals surface area contributed by atoms with Gasteiger partial charge in [0, 0.05) is 11.8 Å². The van der Waals surface area contributed by atoms with E-state index in [4.69, 9.17) is 11.6 Å². The van der Waals surface area contributed by atoms with Crippen LogP contribution in [0.5, 0.6) is 5.75 Å². The van der Waals surface area contributed by atoms with Crippen molar-refractivity contribution in [2.45, 2.75) is 20.2 Å². The van der Waals surface area contributed by atoms with Crippen LogP contribution in [-0.4, -0.2) is 16.6 Å². The van der Waals surface area contributed by atoms with Crippen molar-refractivity contribution in [3.63, 3.8) is 0 Å². The minimum Gasteiger partial charge on any atom is -0.406 e. The summed E-state index contributed by atoms with van der Waals surface area (Å²) in [5.74, 6) is 0.102. The van der Waals surface area contributed by atoms with Gasteiger partial charge < -0.3 is 10.1 Å². The van der Waals surface area contributed by atoms with Gasteiger partial charge >= 0.3 is 6.36 Å². The van der Waals surface area contributed by atoms with Crippen molar-refractivity contribution in [1.82, 2.24) is 10.2 Å². The molecule has 0 radical (unpaired) electrons. The molecule has 21 heavy (non-hydrogen) atoms. The number of nitrogens with one attached hydrogen (secondary N) is 1. The Morgan fingerprint density at radius 3 is 2.52 bits per heavy atom. The second-order valence-electron chi connectivity index (χ2n) is 4.29. The highest BCUT2D eigenvalue weighted by molar-refractivity contribution is 6.30. The molecule has 4 nitrogen and oxygen atoms in total. The van der Waals surface area contributed by atoms with Crippen LogP contribution in [0.1, 0.15) is 11.1 Å².